The molecular weight excluding hydrogens is 236 g/mol. The van der Waals surface area contributed by atoms with E-state index in [1.54, 1.807) is 13.8 Å². The molecule has 0 aromatic heterocycles. The summed E-state index contributed by atoms with van der Waals surface area (Å²) in [5.41, 5.74) is -0.859. The van der Waals surface area contributed by atoms with Gasteiger partial charge in [-0.05, 0) is 13.8 Å². The third-order valence-corrected chi connectivity index (χ3v) is 2.42. The van der Waals surface area contributed by atoms with Gasteiger partial charge in [-0.3, -0.25) is 9.59 Å². The van der Waals surface area contributed by atoms with Crippen molar-refractivity contribution in [2.45, 2.75) is 25.8 Å². The number of carboxylic acids is 1. The first kappa shape index (κ1) is 14.8. The Kier molecular flexibility index (Phi) is 4.88. The molecule has 0 aliphatic rings. The van der Waals surface area contributed by atoms with E-state index < -0.39 is 33.9 Å². The highest BCUT2D eigenvalue weighted by molar-refractivity contribution is 7.88. The lowest BCUT2D eigenvalue weighted by molar-refractivity contribution is -0.140. The molecule has 1 amide bonds. The lowest BCUT2D eigenvalue weighted by Gasteiger charge is -2.25. The van der Waals surface area contributed by atoms with Crippen LogP contribution < -0.4 is 10.0 Å². The zero-order chi connectivity index (χ0) is 13.0. The van der Waals surface area contributed by atoms with Crippen LogP contribution in [0.5, 0.6) is 0 Å². The standard InChI is InChI=1S/C8H16N2O5S/c1-8(2,10-16(3,14)15)5-9-6(11)4-7(12)13/h10H,4-5H2,1-3H3,(H,9,11)(H,12,13). The summed E-state index contributed by atoms with van der Waals surface area (Å²) >= 11 is 0. The molecule has 8 heteroatoms. The van der Waals surface area contributed by atoms with Crippen molar-refractivity contribution < 1.29 is 23.1 Å². The fourth-order valence-corrected chi connectivity index (χ4v) is 2.13. The zero-order valence-corrected chi connectivity index (χ0v) is 10.2. The number of carboxylic acid groups (broad SMARTS) is 1. The van der Waals surface area contributed by atoms with Crippen molar-refractivity contribution in [3.05, 3.63) is 0 Å². The minimum atomic E-state index is -3.37. The number of amides is 1. The fraction of sp³-hybridized carbons (Fsp3) is 0.750. The molecule has 0 fully saturated rings. The molecule has 0 radical (unpaired) electrons. The first-order chi connectivity index (χ1) is 7.02. The van der Waals surface area contributed by atoms with Gasteiger partial charge in [0.25, 0.3) is 0 Å². The Morgan fingerprint density at radius 3 is 2.19 bits per heavy atom. The Balaban J connectivity index is 4.19. The molecule has 7 nitrogen and oxygen atoms in total. The lowest BCUT2D eigenvalue weighted by Crippen LogP contribution is -2.51. The Morgan fingerprint density at radius 2 is 1.81 bits per heavy atom. The summed E-state index contributed by atoms with van der Waals surface area (Å²) in [5, 5.41) is 10.7. The van der Waals surface area contributed by atoms with Gasteiger partial charge in [-0.2, -0.15) is 0 Å². The van der Waals surface area contributed by atoms with Crippen LogP contribution in [0.2, 0.25) is 0 Å². The summed E-state index contributed by atoms with van der Waals surface area (Å²) in [5.74, 6) is -1.89. The van der Waals surface area contributed by atoms with Gasteiger partial charge in [0, 0.05) is 12.1 Å². The van der Waals surface area contributed by atoms with Crippen molar-refractivity contribution in [3.63, 3.8) is 0 Å². The molecule has 0 aliphatic carbocycles. The van der Waals surface area contributed by atoms with Gasteiger partial charge in [0.2, 0.25) is 15.9 Å². The number of nitrogens with one attached hydrogen (secondary N) is 2. The van der Waals surface area contributed by atoms with Gasteiger partial charge in [0.1, 0.15) is 6.42 Å². The summed E-state index contributed by atoms with van der Waals surface area (Å²) in [6.07, 6.45) is 0.378. The van der Waals surface area contributed by atoms with Gasteiger partial charge in [-0.25, -0.2) is 13.1 Å². The van der Waals surface area contributed by atoms with Gasteiger partial charge in [-0.15, -0.1) is 0 Å². The molecule has 0 saturated heterocycles. The molecule has 0 saturated carbocycles. The van der Waals surface area contributed by atoms with Crippen LogP contribution in [0.1, 0.15) is 20.3 Å². The average Bonchev–Trinajstić information content (AvgIpc) is 1.95. The molecule has 0 rings (SSSR count). The van der Waals surface area contributed by atoms with E-state index in [2.05, 4.69) is 10.0 Å². The van der Waals surface area contributed by atoms with Crippen LogP contribution in [0.25, 0.3) is 0 Å². The lowest BCUT2D eigenvalue weighted by atomic mass is 10.1. The molecule has 94 valence electrons. The van der Waals surface area contributed by atoms with E-state index in [1.165, 1.54) is 0 Å². The summed E-state index contributed by atoms with van der Waals surface area (Å²) in [7, 11) is -3.37. The van der Waals surface area contributed by atoms with E-state index in [-0.39, 0.29) is 6.54 Å². The Hall–Kier alpha value is -1.15. The molecule has 0 heterocycles. The third kappa shape index (κ3) is 8.18. The summed E-state index contributed by atoms with van der Waals surface area (Å²) in [6.45, 7) is 3.18. The largest absolute Gasteiger partial charge is 0.481 e. The van der Waals surface area contributed by atoms with Crippen LogP contribution in [-0.2, 0) is 19.6 Å². The molecular formula is C8H16N2O5S. The quantitative estimate of drug-likeness (QED) is 0.520. The van der Waals surface area contributed by atoms with Gasteiger partial charge in [0.15, 0.2) is 0 Å². The van der Waals surface area contributed by atoms with Crippen LogP contribution in [0, 0.1) is 0 Å². The Bertz CT molecular complexity index is 374. The molecule has 0 bridgehead atoms. The van der Waals surface area contributed by atoms with Gasteiger partial charge in [0.05, 0.1) is 6.26 Å². The smallest absolute Gasteiger partial charge is 0.312 e. The van der Waals surface area contributed by atoms with Crippen LogP contribution in [-0.4, -0.2) is 43.7 Å². The Labute approximate surface area is 94.3 Å². The average molecular weight is 252 g/mol. The molecule has 0 aromatic rings. The van der Waals surface area contributed by atoms with E-state index in [0.717, 1.165) is 6.26 Å². The van der Waals surface area contributed by atoms with E-state index in [9.17, 15) is 18.0 Å². The summed E-state index contributed by atoms with van der Waals surface area (Å²) < 4.78 is 24.2. The second-order valence-corrected chi connectivity index (χ2v) is 5.85. The molecule has 3 N–H and O–H groups in total. The highest BCUT2D eigenvalue weighted by atomic mass is 32.2. The number of rotatable bonds is 6. The summed E-state index contributed by atoms with van der Waals surface area (Å²) in [6, 6.07) is 0. The Morgan fingerprint density at radius 1 is 1.31 bits per heavy atom. The van der Waals surface area contributed by atoms with E-state index >= 15 is 0 Å². The number of hydrogen-bond acceptors (Lipinski definition) is 4. The van der Waals surface area contributed by atoms with Crippen molar-refractivity contribution >= 4 is 21.9 Å². The van der Waals surface area contributed by atoms with Crippen molar-refractivity contribution in [3.8, 4) is 0 Å². The third-order valence-electron chi connectivity index (χ3n) is 1.50. The van der Waals surface area contributed by atoms with E-state index in [4.69, 9.17) is 5.11 Å². The second kappa shape index (κ2) is 5.26. The van der Waals surface area contributed by atoms with E-state index in [1.807, 2.05) is 0 Å². The monoisotopic (exact) mass is 252 g/mol. The highest BCUT2D eigenvalue weighted by Crippen LogP contribution is 2.01. The fourth-order valence-electron chi connectivity index (χ4n) is 1.06. The van der Waals surface area contributed by atoms with Crippen molar-refractivity contribution in [1.82, 2.24) is 10.0 Å². The van der Waals surface area contributed by atoms with Crippen molar-refractivity contribution in [1.29, 1.82) is 0 Å². The van der Waals surface area contributed by atoms with Crippen LogP contribution in [0.3, 0.4) is 0 Å². The maximum absolute atomic E-state index is 11.0. The predicted molar refractivity (Wildman–Crippen MR) is 57.3 cm³/mol. The first-order valence-corrected chi connectivity index (χ1v) is 6.38. The van der Waals surface area contributed by atoms with Crippen LogP contribution >= 0.6 is 0 Å². The minimum absolute atomic E-state index is 0.0200. The molecule has 16 heavy (non-hydrogen) atoms. The normalized spacial score (nSPS) is 12.2. The van der Waals surface area contributed by atoms with Crippen LogP contribution in [0.4, 0.5) is 0 Å². The second-order valence-electron chi connectivity index (χ2n) is 4.11. The number of sulfonamides is 1. The van der Waals surface area contributed by atoms with Crippen molar-refractivity contribution in [2.75, 3.05) is 12.8 Å². The maximum atomic E-state index is 11.0. The molecule has 0 atom stereocenters. The van der Waals surface area contributed by atoms with Crippen molar-refractivity contribution in [2.24, 2.45) is 0 Å². The minimum Gasteiger partial charge on any atom is -0.481 e. The number of hydrogen-bond donors (Lipinski definition) is 3. The molecule has 0 aromatic carbocycles. The maximum Gasteiger partial charge on any atom is 0.312 e. The van der Waals surface area contributed by atoms with E-state index in [0.29, 0.717) is 0 Å². The topological polar surface area (TPSA) is 113 Å². The first-order valence-electron chi connectivity index (χ1n) is 4.49. The number of carbonyl (C=O) groups is 2. The number of aliphatic carboxylic acids is 1. The molecule has 0 spiro atoms. The van der Waals surface area contributed by atoms with Gasteiger partial charge >= 0.3 is 5.97 Å². The van der Waals surface area contributed by atoms with Crippen LogP contribution in [0.15, 0.2) is 0 Å². The highest BCUT2D eigenvalue weighted by Gasteiger charge is 2.23. The molecule has 0 unspecified atom stereocenters. The van der Waals surface area contributed by atoms with Gasteiger partial charge in [-0.1, -0.05) is 0 Å². The summed E-state index contributed by atoms with van der Waals surface area (Å²) in [4.78, 5) is 21.2. The molecule has 0 aliphatic heterocycles. The van der Waals surface area contributed by atoms with Gasteiger partial charge < -0.3 is 10.4 Å². The predicted octanol–water partition coefficient (Wildman–Crippen LogP) is -1.09. The SMILES string of the molecule is CC(C)(CNC(=O)CC(=O)O)NS(C)(=O)=O. The number of carbonyl (C=O) groups excluding carboxylic acids is 1. The zero-order valence-electron chi connectivity index (χ0n) is 9.40.